The fraction of sp³-hybridized carbons (Fsp3) is 0.600. The molecule has 1 rings (SSSR count). The number of amides is 1. The minimum Gasteiger partial charge on any atom is -0.337 e. The second-order valence-corrected chi connectivity index (χ2v) is 9.04. The van der Waals surface area contributed by atoms with Crippen molar-refractivity contribution in [2.75, 3.05) is 19.8 Å². The minimum atomic E-state index is -3.47. The summed E-state index contributed by atoms with van der Waals surface area (Å²) in [6, 6.07) is 3.42. The molecule has 0 atom stereocenters. The van der Waals surface area contributed by atoms with E-state index in [1.807, 2.05) is 32.6 Å². The molecule has 0 aromatic carbocycles. The third kappa shape index (κ3) is 5.19. The second kappa shape index (κ2) is 8.12. The third-order valence-electron chi connectivity index (χ3n) is 3.23. The molecule has 0 unspecified atom stereocenters. The van der Waals surface area contributed by atoms with Crippen molar-refractivity contribution in [3.05, 3.63) is 18.3 Å². The molecule has 0 aliphatic rings. The Morgan fingerprint density at radius 1 is 1.17 bits per heavy atom. The Bertz CT molecular complexity index is 618. The van der Waals surface area contributed by atoms with Crippen molar-refractivity contribution in [2.45, 2.75) is 49.7 Å². The van der Waals surface area contributed by atoms with E-state index in [2.05, 4.69) is 4.98 Å². The zero-order valence-corrected chi connectivity index (χ0v) is 16.1. The van der Waals surface area contributed by atoms with Gasteiger partial charge in [-0.3, -0.25) is 4.79 Å². The van der Waals surface area contributed by atoms with Crippen LogP contribution < -0.4 is 0 Å². The Kier molecular flexibility index (Phi) is 7.03. The third-order valence-corrected chi connectivity index (χ3v) is 5.96. The first kappa shape index (κ1) is 19.9. The molecule has 0 spiro atoms. The molecule has 0 radical (unpaired) electrons. The average molecular weight is 360 g/mol. The van der Waals surface area contributed by atoms with Gasteiger partial charge in [-0.05, 0) is 39.8 Å². The maximum Gasteiger partial charge on any atom is 0.244 e. The highest BCUT2D eigenvalue weighted by atomic mass is 32.2. The molecule has 1 aromatic rings. The van der Waals surface area contributed by atoms with Crippen molar-refractivity contribution >= 4 is 27.7 Å². The fourth-order valence-electron chi connectivity index (χ4n) is 2.20. The van der Waals surface area contributed by atoms with Gasteiger partial charge < -0.3 is 4.90 Å². The van der Waals surface area contributed by atoms with Crippen molar-refractivity contribution in [3.63, 3.8) is 0 Å². The second-order valence-electron chi connectivity index (χ2n) is 5.90. The summed E-state index contributed by atoms with van der Waals surface area (Å²) in [7, 11) is -0.524. The van der Waals surface area contributed by atoms with Gasteiger partial charge in [0.2, 0.25) is 15.9 Å². The zero-order valence-electron chi connectivity index (χ0n) is 14.5. The molecule has 0 fully saturated rings. The maximum atomic E-state index is 12.3. The van der Waals surface area contributed by atoms with E-state index in [1.165, 1.54) is 38.1 Å². The Morgan fingerprint density at radius 2 is 1.74 bits per heavy atom. The molecular formula is C15H25N3O3S2. The van der Waals surface area contributed by atoms with Crippen molar-refractivity contribution in [1.82, 2.24) is 14.2 Å². The van der Waals surface area contributed by atoms with E-state index >= 15 is 0 Å². The molecule has 1 aromatic heterocycles. The molecule has 8 heteroatoms. The first-order valence-electron chi connectivity index (χ1n) is 7.40. The first-order chi connectivity index (χ1) is 10.6. The van der Waals surface area contributed by atoms with Gasteiger partial charge in [-0.2, -0.15) is 0 Å². The van der Waals surface area contributed by atoms with Crippen LogP contribution in [-0.4, -0.2) is 60.4 Å². The van der Waals surface area contributed by atoms with Gasteiger partial charge in [-0.25, -0.2) is 17.7 Å². The Morgan fingerprint density at radius 3 is 2.13 bits per heavy atom. The molecule has 23 heavy (non-hydrogen) atoms. The molecule has 0 saturated heterocycles. The molecule has 130 valence electrons. The number of carbonyl (C=O) groups is 1. The standard InChI is InChI=1S/C15H25N3O3S2/c1-11(2)18(12(3)4)15(19)10-22-14-8-7-13(9-16-14)23(20,21)17(5)6/h7-9,11-12H,10H2,1-6H3. The summed E-state index contributed by atoms with van der Waals surface area (Å²) in [4.78, 5) is 18.4. The highest BCUT2D eigenvalue weighted by molar-refractivity contribution is 7.99. The Hall–Kier alpha value is -1.12. The molecule has 1 amide bonds. The van der Waals surface area contributed by atoms with Gasteiger partial charge in [0.1, 0.15) is 4.90 Å². The fourth-order valence-corrected chi connectivity index (χ4v) is 3.76. The van der Waals surface area contributed by atoms with E-state index in [0.717, 1.165) is 4.31 Å². The maximum absolute atomic E-state index is 12.3. The minimum absolute atomic E-state index is 0.0480. The highest BCUT2D eigenvalue weighted by Gasteiger charge is 2.21. The van der Waals surface area contributed by atoms with E-state index in [1.54, 1.807) is 6.07 Å². The van der Waals surface area contributed by atoms with Crippen LogP contribution in [0, 0.1) is 0 Å². The number of hydrogen-bond acceptors (Lipinski definition) is 5. The van der Waals surface area contributed by atoms with Crippen LogP contribution in [0.2, 0.25) is 0 Å². The first-order valence-corrected chi connectivity index (χ1v) is 9.82. The van der Waals surface area contributed by atoms with Crippen molar-refractivity contribution in [1.29, 1.82) is 0 Å². The summed E-state index contributed by atoms with van der Waals surface area (Å²) in [5, 5.41) is 0.628. The summed E-state index contributed by atoms with van der Waals surface area (Å²) in [5.74, 6) is 0.329. The number of nitrogens with zero attached hydrogens (tertiary/aromatic N) is 3. The summed E-state index contributed by atoms with van der Waals surface area (Å²) in [6.45, 7) is 7.95. The number of rotatable bonds is 7. The molecule has 1 heterocycles. The SMILES string of the molecule is CC(C)N(C(=O)CSc1ccc(S(=O)(=O)N(C)C)cn1)C(C)C. The molecule has 0 aliphatic heterocycles. The van der Waals surface area contributed by atoms with Gasteiger partial charge in [0.05, 0.1) is 10.8 Å². The van der Waals surface area contributed by atoms with E-state index in [-0.39, 0.29) is 28.6 Å². The quantitative estimate of drug-likeness (QED) is 0.697. The zero-order chi connectivity index (χ0) is 17.8. The number of pyridine rings is 1. The molecule has 0 bridgehead atoms. The van der Waals surface area contributed by atoms with Crippen LogP contribution in [0.3, 0.4) is 0 Å². The van der Waals surface area contributed by atoms with Crippen LogP contribution in [0.1, 0.15) is 27.7 Å². The predicted octanol–water partition coefficient (Wildman–Crippen LogP) is 2.07. The topological polar surface area (TPSA) is 70.6 Å². The number of hydrogen-bond donors (Lipinski definition) is 0. The summed E-state index contributed by atoms with van der Waals surface area (Å²) in [5.41, 5.74) is 0. The smallest absolute Gasteiger partial charge is 0.244 e. The monoisotopic (exact) mass is 359 g/mol. The van der Waals surface area contributed by atoms with Crippen molar-refractivity contribution in [3.8, 4) is 0 Å². The molecule has 0 saturated carbocycles. The van der Waals surface area contributed by atoms with Crippen LogP contribution >= 0.6 is 11.8 Å². The summed E-state index contributed by atoms with van der Waals surface area (Å²) >= 11 is 1.31. The number of carbonyl (C=O) groups excluding carboxylic acids is 1. The molecule has 0 N–H and O–H groups in total. The van der Waals surface area contributed by atoms with E-state index in [9.17, 15) is 13.2 Å². The Balaban J connectivity index is 2.75. The van der Waals surface area contributed by atoms with Crippen LogP contribution in [0.25, 0.3) is 0 Å². The molecule has 0 aliphatic carbocycles. The summed E-state index contributed by atoms with van der Waals surface area (Å²) < 4.78 is 25.1. The van der Waals surface area contributed by atoms with Crippen LogP contribution in [0.15, 0.2) is 28.3 Å². The van der Waals surface area contributed by atoms with Gasteiger partial charge in [-0.15, -0.1) is 0 Å². The molecule has 6 nitrogen and oxygen atoms in total. The number of sulfonamides is 1. The van der Waals surface area contributed by atoms with Crippen LogP contribution in [0.4, 0.5) is 0 Å². The summed E-state index contributed by atoms with van der Waals surface area (Å²) in [6.07, 6.45) is 1.32. The lowest BCUT2D eigenvalue weighted by molar-refractivity contribution is -0.131. The van der Waals surface area contributed by atoms with Gasteiger partial charge >= 0.3 is 0 Å². The molecular weight excluding hydrogens is 334 g/mol. The Labute approximate surface area is 143 Å². The van der Waals surface area contributed by atoms with E-state index < -0.39 is 10.0 Å². The van der Waals surface area contributed by atoms with Crippen LogP contribution in [-0.2, 0) is 14.8 Å². The largest absolute Gasteiger partial charge is 0.337 e. The highest BCUT2D eigenvalue weighted by Crippen LogP contribution is 2.20. The van der Waals surface area contributed by atoms with Gasteiger partial charge in [0.25, 0.3) is 0 Å². The average Bonchev–Trinajstić information content (AvgIpc) is 2.44. The lowest BCUT2D eigenvalue weighted by Gasteiger charge is -2.30. The predicted molar refractivity (Wildman–Crippen MR) is 93.0 cm³/mol. The van der Waals surface area contributed by atoms with Gasteiger partial charge in [-0.1, -0.05) is 11.8 Å². The lowest BCUT2D eigenvalue weighted by Crippen LogP contribution is -2.43. The number of aromatic nitrogens is 1. The van der Waals surface area contributed by atoms with Crippen LogP contribution in [0.5, 0.6) is 0 Å². The lowest BCUT2D eigenvalue weighted by atomic mass is 10.2. The normalized spacial score (nSPS) is 12.2. The number of thioether (sulfide) groups is 1. The van der Waals surface area contributed by atoms with Crippen molar-refractivity contribution in [2.24, 2.45) is 0 Å². The van der Waals surface area contributed by atoms with Crippen molar-refractivity contribution < 1.29 is 13.2 Å². The van der Waals surface area contributed by atoms with Gasteiger partial charge in [0, 0.05) is 32.4 Å². The van der Waals surface area contributed by atoms with Gasteiger partial charge in [0.15, 0.2) is 0 Å². The van der Waals surface area contributed by atoms with E-state index in [0.29, 0.717) is 5.03 Å². The van der Waals surface area contributed by atoms with E-state index in [4.69, 9.17) is 0 Å².